The lowest BCUT2D eigenvalue weighted by atomic mass is 9.97. The Morgan fingerprint density at radius 2 is 2.05 bits per heavy atom. The van der Waals surface area contributed by atoms with Crippen molar-refractivity contribution in [3.05, 3.63) is 47.1 Å². The Hall–Kier alpha value is -1.68. The van der Waals surface area contributed by atoms with Crippen molar-refractivity contribution < 1.29 is 4.52 Å². The highest BCUT2D eigenvalue weighted by Gasteiger charge is 2.16. The lowest BCUT2D eigenvalue weighted by Crippen LogP contribution is -2.14. The van der Waals surface area contributed by atoms with Gasteiger partial charge in [-0.15, -0.1) is 0 Å². The molecule has 2 heterocycles. The molecule has 0 amide bonds. The first-order valence-electron chi connectivity index (χ1n) is 7.87. The maximum atomic E-state index is 5.42. The molecule has 1 unspecified atom stereocenters. The van der Waals surface area contributed by atoms with E-state index in [1.165, 1.54) is 30.4 Å². The van der Waals surface area contributed by atoms with Gasteiger partial charge in [0.15, 0.2) is 5.82 Å². The van der Waals surface area contributed by atoms with E-state index in [9.17, 15) is 0 Å². The quantitative estimate of drug-likeness (QED) is 0.938. The normalized spacial score (nSPS) is 19.4. The number of aromatic nitrogens is 2. The number of hydrogen-bond donors (Lipinski definition) is 1. The topological polar surface area (TPSA) is 51.0 Å². The zero-order valence-corrected chi connectivity index (χ0v) is 12.6. The lowest BCUT2D eigenvalue weighted by molar-refractivity contribution is 0.339. The lowest BCUT2D eigenvalue weighted by Gasteiger charge is -2.09. The van der Waals surface area contributed by atoms with E-state index in [0.717, 1.165) is 37.6 Å². The van der Waals surface area contributed by atoms with E-state index in [-0.39, 0.29) is 0 Å². The van der Waals surface area contributed by atoms with E-state index in [1.807, 2.05) is 0 Å². The van der Waals surface area contributed by atoms with Gasteiger partial charge in [-0.3, -0.25) is 0 Å². The van der Waals surface area contributed by atoms with Gasteiger partial charge in [0.1, 0.15) is 0 Å². The summed E-state index contributed by atoms with van der Waals surface area (Å²) < 4.78 is 5.42. The fourth-order valence-corrected chi connectivity index (χ4v) is 2.88. The van der Waals surface area contributed by atoms with Crippen LogP contribution in [0.4, 0.5) is 0 Å². The average molecular weight is 285 g/mol. The number of nitrogens with zero attached hydrogens (tertiary/aromatic N) is 2. The number of rotatable bonds is 4. The van der Waals surface area contributed by atoms with E-state index in [4.69, 9.17) is 4.52 Å². The zero-order chi connectivity index (χ0) is 14.5. The molecular weight excluding hydrogens is 262 g/mol. The maximum absolute atomic E-state index is 5.42. The van der Waals surface area contributed by atoms with Crippen LogP contribution in [-0.2, 0) is 12.8 Å². The Morgan fingerprint density at radius 3 is 2.90 bits per heavy atom. The van der Waals surface area contributed by atoms with Crippen molar-refractivity contribution >= 4 is 0 Å². The molecule has 1 aromatic carbocycles. The molecule has 112 valence electrons. The van der Waals surface area contributed by atoms with Crippen LogP contribution in [-0.4, -0.2) is 23.2 Å². The van der Waals surface area contributed by atoms with Crippen LogP contribution < -0.4 is 5.32 Å². The van der Waals surface area contributed by atoms with Crippen molar-refractivity contribution in [1.29, 1.82) is 0 Å². The third-order valence-electron chi connectivity index (χ3n) is 4.15. The highest BCUT2D eigenvalue weighted by molar-refractivity contribution is 5.23. The summed E-state index contributed by atoms with van der Waals surface area (Å²) in [4.78, 5) is 4.55. The minimum absolute atomic E-state index is 0.674. The van der Waals surface area contributed by atoms with Crippen LogP contribution in [0.15, 0.2) is 28.8 Å². The summed E-state index contributed by atoms with van der Waals surface area (Å²) in [5.41, 5.74) is 2.50. The summed E-state index contributed by atoms with van der Waals surface area (Å²) in [6.45, 7) is 4.34. The molecule has 1 aromatic heterocycles. The Kier molecular flexibility index (Phi) is 4.65. The van der Waals surface area contributed by atoms with Crippen LogP contribution in [0.1, 0.15) is 42.1 Å². The monoisotopic (exact) mass is 285 g/mol. The molecule has 1 saturated heterocycles. The SMILES string of the molecule is Cc1ccc(Cc2noc(CC3CCCNCC3)n2)cc1. The Morgan fingerprint density at radius 1 is 1.19 bits per heavy atom. The number of benzene rings is 1. The van der Waals surface area contributed by atoms with Gasteiger partial charge in [-0.2, -0.15) is 4.98 Å². The summed E-state index contributed by atoms with van der Waals surface area (Å²) in [7, 11) is 0. The minimum Gasteiger partial charge on any atom is -0.339 e. The third kappa shape index (κ3) is 4.14. The summed E-state index contributed by atoms with van der Waals surface area (Å²) in [6.07, 6.45) is 5.37. The van der Waals surface area contributed by atoms with Crippen LogP contribution in [0.5, 0.6) is 0 Å². The van der Waals surface area contributed by atoms with E-state index in [1.54, 1.807) is 0 Å². The predicted octanol–water partition coefficient (Wildman–Crippen LogP) is 2.90. The Balaban J connectivity index is 1.59. The van der Waals surface area contributed by atoms with Crippen LogP contribution in [0.3, 0.4) is 0 Å². The number of aryl methyl sites for hydroxylation is 1. The van der Waals surface area contributed by atoms with Crippen LogP contribution in [0.2, 0.25) is 0 Å². The second kappa shape index (κ2) is 6.85. The van der Waals surface area contributed by atoms with E-state index < -0.39 is 0 Å². The van der Waals surface area contributed by atoms with E-state index >= 15 is 0 Å². The Labute approximate surface area is 126 Å². The van der Waals surface area contributed by atoms with Gasteiger partial charge in [0, 0.05) is 12.8 Å². The molecule has 1 aliphatic rings. The van der Waals surface area contributed by atoms with Crippen LogP contribution >= 0.6 is 0 Å². The molecule has 0 aliphatic carbocycles. The van der Waals surface area contributed by atoms with Gasteiger partial charge in [-0.25, -0.2) is 0 Å². The maximum Gasteiger partial charge on any atom is 0.226 e. The third-order valence-corrected chi connectivity index (χ3v) is 4.15. The molecule has 1 atom stereocenters. The number of hydrogen-bond acceptors (Lipinski definition) is 4. The second-order valence-electron chi connectivity index (χ2n) is 6.02. The van der Waals surface area contributed by atoms with Gasteiger partial charge >= 0.3 is 0 Å². The highest BCUT2D eigenvalue weighted by Crippen LogP contribution is 2.18. The van der Waals surface area contributed by atoms with Gasteiger partial charge in [0.25, 0.3) is 0 Å². The van der Waals surface area contributed by atoms with Crippen molar-refractivity contribution in [2.45, 2.75) is 39.0 Å². The molecule has 1 aliphatic heterocycles. The molecule has 1 N–H and O–H groups in total. The average Bonchev–Trinajstić information content (AvgIpc) is 2.75. The fourth-order valence-electron chi connectivity index (χ4n) is 2.88. The van der Waals surface area contributed by atoms with Crippen molar-refractivity contribution in [2.24, 2.45) is 5.92 Å². The zero-order valence-electron chi connectivity index (χ0n) is 12.6. The molecule has 0 saturated carbocycles. The largest absolute Gasteiger partial charge is 0.339 e. The highest BCUT2D eigenvalue weighted by atomic mass is 16.5. The van der Waals surface area contributed by atoms with Crippen LogP contribution in [0, 0.1) is 12.8 Å². The van der Waals surface area contributed by atoms with Gasteiger partial charge in [0.2, 0.25) is 5.89 Å². The first-order valence-corrected chi connectivity index (χ1v) is 7.87. The van der Waals surface area contributed by atoms with Crippen molar-refractivity contribution in [3.8, 4) is 0 Å². The van der Waals surface area contributed by atoms with Gasteiger partial charge in [0.05, 0.1) is 0 Å². The Bertz CT molecular complexity index is 554. The summed E-state index contributed by atoms with van der Waals surface area (Å²) in [6, 6.07) is 8.49. The molecule has 0 bridgehead atoms. The summed E-state index contributed by atoms with van der Waals surface area (Å²) >= 11 is 0. The molecule has 2 aromatic rings. The molecule has 21 heavy (non-hydrogen) atoms. The van der Waals surface area contributed by atoms with E-state index in [2.05, 4.69) is 46.6 Å². The minimum atomic E-state index is 0.674. The molecule has 1 fully saturated rings. The van der Waals surface area contributed by atoms with Gasteiger partial charge in [-0.05, 0) is 50.8 Å². The molecule has 0 radical (unpaired) electrons. The molecule has 0 spiro atoms. The van der Waals surface area contributed by atoms with Crippen molar-refractivity contribution in [3.63, 3.8) is 0 Å². The van der Waals surface area contributed by atoms with E-state index in [0.29, 0.717) is 5.92 Å². The second-order valence-corrected chi connectivity index (χ2v) is 6.02. The van der Waals surface area contributed by atoms with Gasteiger partial charge < -0.3 is 9.84 Å². The molecule has 3 rings (SSSR count). The first-order chi connectivity index (χ1) is 10.3. The summed E-state index contributed by atoms with van der Waals surface area (Å²) in [5.74, 6) is 2.26. The first kappa shape index (κ1) is 14.3. The van der Waals surface area contributed by atoms with Gasteiger partial charge in [-0.1, -0.05) is 35.0 Å². The van der Waals surface area contributed by atoms with Crippen molar-refractivity contribution in [1.82, 2.24) is 15.5 Å². The molecule has 4 nitrogen and oxygen atoms in total. The van der Waals surface area contributed by atoms with Crippen molar-refractivity contribution in [2.75, 3.05) is 13.1 Å². The molecule has 4 heteroatoms. The van der Waals surface area contributed by atoms with Crippen LogP contribution in [0.25, 0.3) is 0 Å². The predicted molar refractivity (Wildman–Crippen MR) is 82.2 cm³/mol. The standard InChI is InChI=1S/C17H23N3O/c1-13-4-6-15(7-5-13)11-16-19-17(21-20-16)12-14-3-2-9-18-10-8-14/h4-7,14,18H,2-3,8-12H2,1H3. The number of nitrogens with one attached hydrogen (secondary N) is 1. The smallest absolute Gasteiger partial charge is 0.226 e. The molecular formula is C17H23N3O. The fraction of sp³-hybridized carbons (Fsp3) is 0.529. The summed E-state index contributed by atoms with van der Waals surface area (Å²) in [5, 5.41) is 7.56.